The monoisotopic (exact) mass is 332 g/mol. The molecule has 116 valence electrons. The molecule has 2 aromatic carbocycles. The number of hydrogen-bond acceptors (Lipinski definition) is 3. The van der Waals surface area contributed by atoms with Crippen LogP contribution < -0.4 is 5.56 Å². The Balaban J connectivity index is 2.34. The first-order valence-electron chi connectivity index (χ1n) is 6.57. The van der Waals surface area contributed by atoms with Crippen molar-refractivity contribution >= 4 is 12.2 Å². The van der Waals surface area contributed by atoms with Crippen molar-refractivity contribution < 1.29 is 13.9 Å². The van der Waals surface area contributed by atoms with E-state index in [-0.39, 0.29) is 16.1 Å². The largest absolute Gasteiger partial charge is 0.494 e. The maximum absolute atomic E-state index is 13.4. The van der Waals surface area contributed by atoms with Gasteiger partial charge in [0.15, 0.2) is 4.77 Å². The van der Waals surface area contributed by atoms with Crippen molar-refractivity contribution in [2.75, 3.05) is 0 Å². The highest BCUT2D eigenvalue weighted by Gasteiger charge is 2.12. The van der Waals surface area contributed by atoms with E-state index in [4.69, 9.17) is 12.2 Å². The topological polar surface area (TPSA) is 47.2 Å². The van der Waals surface area contributed by atoms with Gasteiger partial charge in [-0.15, -0.1) is 0 Å². The Hall–Kier alpha value is -2.80. The number of hydrogen-bond donors (Lipinski definition) is 1. The van der Waals surface area contributed by atoms with Crippen molar-refractivity contribution in [3.05, 3.63) is 81.4 Å². The zero-order valence-electron chi connectivity index (χ0n) is 11.6. The SMILES string of the molecule is O=c1cc(O)n(-c2cccc(F)c2)c(=S)n1-c1cccc(F)c1. The molecule has 1 aromatic heterocycles. The van der Waals surface area contributed by atoms with Gasteiger partial charge in [-0.05, 0) is 48.6 Å². The first-order valence-corrected chi connectivity index (χ1v) is 6.98. The summed E-state index contributed by atoms with van der Waals surface area (Å²) in [5.41, 5.74) is -0.159. The van der Waals surface area contributed by atoms with Crippen molar-refractivity contribution in [3.63, 3.8) is 0 Å². The van der Waals surface area contributed by atoms with Crippen LogP contribution in [-0.4, -0.2) is 14.2 Å². The molecule has 0 saturated carbocycles. The molecular weight excluding hydrogens is 322 g/mol. The van der Waals surface area contributed by atoms with E-state index in [0.717, 1.165) is 27.3 Å². The standard InChI is InChI=1S/C16H10F2N2O2S/c17-10-3-1-5-12(7-10)19-14(21)9-15(22)20(16(19)23)13-6-2-4-11(18)8-13/h1-9,21H. The van der Waals surface area contributed by atoms with Crippen LogP contribution in [0.2, 0.25) is 0 Å². The average Bonchev–Trinajstić information content (AvgIpc) is 2.47. The molecule has 0 fully saturated rings. The third kappa shape index (κ3) is 2.78. The van der Waals surface area contributed by atoms with E-state index in [1.165, 1.54) is 36.4 Å². The third-order valence-corrected chi connectivity index (χ3v) is 3.58. The number of aromatic nitrogens is 2. The van der Waals surface area contributed by atoms with Gasteiger partial charge in [0.05, 0.1) is 17.4 Å². The lowest BCUT2D eigenvalue weighted by Gasteiger charge is -2.14. The van der Waals surface area contributed by atoms with Gasteiger partial charge >= 0.3 is 0 Å². The molecule has 0 unspecified atom stereocenters. The maximum atomic E-state index is 13.4. The minimum absolute atomic E-state index is 0.105. The van der Waals surface area contributed by atoms with Crippen LogP contribution in [0.1, 0.15) is 0 Å². The van der Waals surface area contributed by atoms with Gasteiger partial charge in [-0.1, -0.05) is 12.1 Å². The summed E-state index contributed by atoms with van der Waals surface area (Å²) in [6.07, 6.45) is 0. The lowest BCUT2D eigenvalue weighted by molar-refractivity contribution is 0.430. The van der Waals surface area contributed by atoms with Gasteiger partial charge in [0.2, 0.25) is 5.88 Å². The molecule has 0 aliphatic rings. The summed E-state index contributed by atoms with van der Waals surface area (Å²) in [5.74, 6) is -1.49. The van der Waals surface area contributed by atoms with Gasteiger partial charge in [-0.3, -0.25) is 13.9 Å². The van der Waals surface area contributed by atoms with Gasteiger partial charge in [-0.25, -0.2) is 8.78 Å². The van der Waals surface area contributed by atoms with Gasteiger partial charge in [0, 0.05) is 0 Å². The quantitative estimate of drug-likeness (QED) is 0.732. The van der Waals surface area contributed by atoms with Crippen LogP contribution in [0.15, 0.2) is 59.4 Å². The molecule has 23 heavy (non-hydrogen) atoms. The smallest absolute Gasteiger partial charge is 0.262 e. The summed E-state index contributed by atoms with van der Waals surface area (Å²) < 4.78 is 28.9. The summed E-state index contributed by atoms with van der Waals surface area (Å²) >= 11 is 5.24. The Bertz CT molecular complexity index is 1010. The zero-order valence-corrected chi connectivity index (χ0v) is 12.4. The van der Waals surface area contributed by atoms with Crippen LogP contribution in [0, 0.1) is 16.4 Å². The Kier molecular flexibility index (Phi) is 3.79. The molecular formula is C16H10F2N2O2S. The zero-order chi connectivity index (χ0) is 16.6. The molecule has 1 heterocycles. The van der Waals surface area contributed by atoms with Crippen LogP contribution in [0.4, 0.5) is 8.78 Å². The highest BCUT2D eigenvalue weighted by atomic mass is 32.1. The predicted molar refractivity (Wildman–Crippen MR) is 83.8 cm³/mol. The third-order valence-electron chi connectivity index (χ3n) is 3.22. The van der Waals surface area contributed by atoms with E-state index < -0.39 is 23.1 Å². The van der Waals surface area contributed by atoms with E-state index in [2.05, 4.69) is 0 Å². The molecule has 1 N–H and O–H groups in total. The normalized spacial score (nSPS) is 10.7. The van der Waals surface area contributed by atoms with Crippen LogP contribution >= 0.6 is 12.2 Å². The number of nitrogens with zero attached hydrogens (tertiary/aromatic N) is 2. The summed E-state index contributed by atoms with van der Waals surface area (Å²) in [6.45, 7) is 0. The number of rotatable bonds is 2. The second kappa shape index (κ2) is 5.77. The predicted octanol–water partition coefficient (Wildman–Crippen LogP) is 3.34. The fourth-order valence-electron chi connectivity index (χ4n) is 2.24. The number of aromatic hydroxyl groups is 1. The fraction of sp³-hybridized carbons (Fsp3) is 0. The lowest BCUT2D eigenvalue weighted by atomic mass is 10.3. The van der Waals surface area contributed by atoms with Gasteiger partial charge in [-0.2, -0.15) is 0 Å². The summed E-state index contributed by atoms with van der Waals surface area (Å²) in [6, 6.07) is 11.6. The van der Waals surface area contributed by atoms with Crippen molar-refractivity contribution in [1.29, 1.82) is 0 Å². The molecule has 0 bridgehead atoms. The van der Waals surface area contributed by atoms with Gasteiger partial charge in [0.25, 0.3) is 5.56 Å². The van der Waals surface area contributed by atoms with E-state index in [9.17, 15) is 18.7 Å². The van der Waals surface area contributed by atoms with E-state index in [1.54, 1.807) is 0 Å². The van der Waals surface area contributed by atoms with Crippen molar-refractivity contribution in [2.24, 2.45) is 0 Å². The number of halogens is 2. The molecule has 0 radical (unpaired) electrons. The van der Waals surface area contributed by atoms with Crippen LogP contribution in [0.3, 0.4) is 0 Å². The van der Waals surface area contributed by atoms with Crippen molar-refractivity contribution in [1.82, 2.24) is 9.13 Å². The summed E-state index contributed by atoms with van der Waals surface area (Å²) in [5, 5.41) is 10.0. The molecule has 3 rings (SSSR count). The second-order valence-corrected chi connectivity index (χ2v) is 5.12. The van der Waals surface area contributed by atoms with E-state index in [1.807, 2.05) is 0 Å². The molecule has 0 saturated heterocycles. The van der Waals surface area contributed by atoms with Gasteiger partial charge < -0.3 is 5.11 Å². The molecule has 0 spiro atoms. The Morgan fingerprint density at radius 3 is 1.91 bits per heavy atom. The minimum Gasteiger partial charge on any atom is -0.494 e. The molecule has 3 aromatic rings. The first-order chi connectivity index (χ1) is 11.0. The molecule has 0 aliphatic carbocycles. The Morgan fingerprint density at radius 1 is 0.870 bits per heavy atom. The van der Waals surface area contributed by atoms with Crippen LogP contribution in [-0.2, 0) is 0 Å². The highest BCUT2D eigenvalue weighted by Crippen LogP contribution is 2.19. The van der Waals surface area contributed by atoms with Crippen LogP contribution in [0.25, 0.3) is 11.4 Å². The average molecular weight is 332 g/mol. The van der Waals surface area contributed by atoms with Crippen molar-refractivity contribution in [3.8, 4) is 17.3 Å². The molecule has 4 nitrogen and oxygen atoms in total. The van der Waals surface area contributed by atoms with Crippen molar-refractivity contribution in [2.45, 2.75) is 0 Å². The van der Waals surface area contributed by atoms with Gasteiger partial charge in [0.1, 0.15) is 11.6 Å². The summed E-state index contributed by atoms with van der Waals surface area (Å²) in [4.78, 5) is 12.1. The highest BCUT2D eigenvalue weighted by molar-refractivity contribution is 7.71. The number of benzene rings is 2. The Labute approximate surface area is 134 Å². The summed E-state index contributed by atoms with van der Waals surface area (Å²) in [7, 11) is 0. The first kappa shape index (κ1) is 15.1. The van der Waals surface area contributed by atoms with Crippen LogP contribution in [0.5, 0.6) is 5.88 Å². The molecule has 7 heteroatoms. The Morgan fingerprint density at radius 2 is 1.39 bits per heavy atom. The maximum Gasteiger partial charge on any atom is 0.262 e. The fourth-order valence-corrected chi connectivity index (χ4v) is 2.64. The molecule has 0 atom stereocenters. The minimum atomic E-state index is -0.620. The molecule has 0 aliphatic heterocycles. The van der Waals surface area contributed by atoms with E-state index in [0.29, 0.717) is 0 Å². The molecule has 0 amide bonds. The second-order valence-electron chi connectivity index (χ2n) is 4.75. The lowest BCUT2D eigenvalue weighted by Crippen LogP contribution is -2.22. The van der Waals surface area contributed by atoms with E-state index >= 15 is 0 Å².